The fraction of sp³-hybridized carbons (Fsp3) is 0.684. The highest BCUT2D eigenvalue weighted by Gasteiger charge is 2.16. The van der Waals surface area contributed by atoms with Crippen LogP contribution in [0.3, 0.4) is 0 Å². The van der Waals surface area contributed by atoms with Crippen LogP contribution >= 0.6 is 0 Å². The molecule has 25 heavy (non-hydrogen) atoms. The molecule has 3 N–H and O–H groups in total. The van der Waals surface area contributed by atoms with Crippen molar-refractivity contribution >= 4 is 11.6 Å². The maximum absolute atomic E-state index is 12.2. The smallest absolute Gasteiger partial charge is 0.239 e. The first-order valence-corrected chi connectivity index (χ1v) is 8.71. The molecule has 144 valence electrons. The number of carbonyl (C=O) groups excluding carboxylic acids is 1. The van der Waals surface area contributed by atoms with Crippen LogP contribution in [0.2, 0.25) is 0 Å². The Morgan fingerprint density at radius 2 is 2.00 bits per heavy atom. The van der Waals surface area contributed by atoms with Gasteiger partial charge in [0.1, 0.15) is 0 Å². The monoisotopic (exact) mass is 352 g/mol. The van der Waals surface area contributed by atoms with E-state index in [4.69, 9.17) is 10.5 Å². The topological polar surface area (TPSA) is 80.0 Å². The molecule has 0 atom stereocenters. The lowest BCUT2D eigenvalue weighted by Gasteiger charge is -2.28. The number of hydrogen-bond acceptors (Lipinski definition) is 5. The van der Waals surface area contributed by atoms with Gasteiger partial charge < -0.3 is 20.7 Å². The predicted octanol–water partition coefficient (Wildman–Crippen LogP) is 2.32. The van der Waals surface area contributed by atoms with Gasteiger partial charge in [0.05, 0.1) is 18.8 Å². The highest BCUT2D eigenvalue weighted by molar-refractivity contribution is 5.80. The van der Waals surface area contributed by atoms with E-state index >= 15 is 0 Å². The maximum Gasteiger partial charge on any atom is 0.239 e. The zero-order valence-electron chi connectivity index (χ0n) is 16.8. The van der Waals surface area contributed by atoms with Crippen molar-refractivity contribution in [2.45, 2.75) is 41.0 Å². The largest absolute Gasteiger partial charge is 0.383 e. The summed E-state index contributed by atoms with van der Waals surface area (Å²) in [6, 6.07) is 0. The van der Waals surface area contributed by atoms with Crippen molar-refractivity contribution in [3.8, 4) is 0 Å². The van der Waals surface area contributed by atoms with Gasteiger partial charge in [0.2, 0.25) is 5.91 Å². The molecule has 0 heterocycles. The van der Waals surface area contributed by atoms with Crippen molar-refractivity contribution in [2.75, 3.05) is 39.9 Å². The summed E-state index contributed by atoms with van der Waals surface area (Å²) in [7, 11) is 1.61. The summed E-state index contributed by atoms with van der Waals surface area (Å²) in [5, 5.41) is 2.85. The van der Waals surface area contributed by atoms with E-state index < -0.39 is 0 Å². The van der Waals surface area contributed by atoms with Crippen molar-refractivity contribution in [3.63, 3.8) is 0 Å². The Balaban J connectivity index is 5.09. The molecule has 1 amide bonds. The number of nitrogens with two attached hydrogens (primary N) is 1. The SMILES string of the molecule is C=C(/C=C(/CN)N=C(C)C)N(CCC(C)(C)C)CC(=O)NCCOC. The molecule has 0 rings (SSSR count). The van der Waals surface area contributed by atoms with E-state index in [0.29, 0.717) is 19.7 Å². The summed E-state index contributed by atoms with van der Waals surface area (Å²) in [4.78, 5) is 18.6. The first-order chi connectivity index (χ1) is 11.6. The Kier molecular flexibility index (Phi) is 11.0. The molecule has 0 aromatic carbocycles. The molecule has 0 saturated heterocycles. The number of nitrogens with zero attached hydrogens (tertiary/aromatic N) is 2. The Morgan fingerprint density at radius 1 is 1.36 bits per heavy atom. The second-order valence-corrected chi connectivity index (χ2v) is 7.47. The third-order valence-electron chi connectivity index (χ3n) is 3.41. The molecule has 6 heteroatoms. The lowest BCUT2D eigenvalue weighted by molar-refractivity contribution is -0.122. The first kappa shape index (κ1) is 23.3. The van der Waals surface area contributed by atoms with Crippen LogP contribution in [0.15, 0.2) is 29.0 Å². The molecule has 0 aliphatic heterocycles. The number of allylic oxidation sites excluding steroid dienone is 1. The normalized spacial score (nSPS) is 11.9. The standard InChI is InChI=1S/C19H36N4O2/c1-15(2)22-17(13-20)12-16(3)23(10-8-19(4,5)6)14-18(24)21-9-11-25-7/h12H,3,8-11,13-14,20H2,1-2,4-7H3,(H,21,24)/b17-12-. The van der Waals surface area contributed by atoms with Crippen LogP contribution in [-0.4, -0.2) is 56.4 Å². The minimum Gasteiger partial charge on any atom is -0.383 e. The van der Waals surface area contributed by atoms with Crippen LogP contribution in [0.4, 0.5) is 0 Å². The average molecular weight is 353 g/mol. The molecule has 0 bridgehead atoms. The van der Waals surface area contributed by atoms with Crippen molar-refractivity contribution in [3.05, 3.63) is 24.0 Å². The van der Waals surface area contributed by atoms with Gasteiger partial charge in [0.15, 0.2) is 0 Å². The van der Waals surface area contributed by atoms with E-state index in [-0.39, 0.29) is 17.9 Å². The lowest BCUT2D eigenvalue weighted by Crippen LogP contribution is -2.38. The minimum atomic E-state index is -0.0509. The van der Waals surface area contributed by atoms with Crippen LogP contribution in [0, 0.1) is 5.41 Å². The summed E-state index contributed by atoms with van der Waals surface area (Å²) >= 11 is 0. The van der Waals surface area contributed by atoms with Gasteiger partial charge in [-0.25, -0.2) is 0 Å². The Labute approximate surface area is 153 Å². The van der Waals surface area contributed by atoms with E-state index in [1.807, 2.05) is 24.8 Å². The molecule has 0 spiro atoms. The van der Waals surface area contributed by atoms with Gasteiger partial charge in [0.25, 0.3) is 0 Å². The molecular weight excluding hydrogens is 316 g/mol. The summed E-state index contributed by atoms with van der Waals surface area (Å²) in [6.07, 6.45) is 2.80. The number of rotatable bonds is 11. The molecule has 0 radical (unpaired) electrons. The number of ether oxygens (including phenoxy) is 1. The van der Waals surface area contributed by atoms with Gasteiger partial charge in [-0.15, -0.1) is 0 Å². The number of amides is 1. The fourth-order valence-electron chi connectivity index (χ4n) is 2.02. The Bertz CT molecular complexity index is 486. The van der Waals surface area contributed by atoms with Gasteiger partial charge in [-0.3, -0.25) is 9.79 Å². The second kappa shape index (κ2) is 11.8. The van der Waals surface area contributed by atoms with E-state index in [0.717, 1.165) is 30.1 Å². The fourth-order valence-corrected chi connectivity index (χ4v) is 2.02. The third kappa shape index (κ3) is 12.4. The molecule has 0 saturated carbocycles. The highest BCUT2D eigenvalue weighted by Crippen LogP contribution is 2.20. The second-order valence-electron chi connectivity index (χ2n) is 7.47. The summed E-state index contributed by atoms with van der Waals surface area (Å²) in [5.74, 6) is -0.0509. The maximum atomic E-state index is 12.2. The van der Waals surface area contributed by atoms with Crippen LogP contribution < -0.4 is 11.1 Å². The number of nitrogens with one attached hydrogen (secondary N) is 1. The van der Waals surface area contributed by atoms with Gasteiger partial charge in [0, 0.05) is 38.2 Å². The van der Waals surface area contributed by atoms with Crippen molar-refractivity contribution < 1.29 is 9.53 Å². The summed E-state index contributed by atoms with van der Waals surface area (Å²) < 4.78 is 4.96. The van der Waals surface area contributed by atoms with E-state index in [9.17, 15) is 4.79 Å². The summed E-state index contributed by atoms with van der Waals surface area (Å²) in [6.45, 7) is 16.8. The van der Waals surface area contributed by atoms with Crippen LogP contribution in [0.25, 0.3) is 0 Å². The predicted molar refractivity (Wildman–Crippen MR) is 106 cm³/mol. The van der Waals surface area contributed by atoms with Crippen LogP contribution in [0.1, 0.15) is 41.0 Å². The molecule has 0 aliphatic carbocycles. The molecule has 0 aromatic heterocycles. The van der Waals surface area contributed by atoms with Gasteiger partial charge in [-0.2, -0.15) is 0 Å². The molecular formula is C19H36N4O2. The van der Waals surface area contributed by atoms with Crippen LogP contribution in [-0.2, 0) is 9.53 Å². The van der Waals surface area contributed by atoms with E-state index in [1.165, 1.54) is 0 Å². The molecule has 0 unspecified atom stereocenters. The molecule has 0 aliphatic rings. The van der Waals surface area contributed by atoms with Crippen molar-refractivity contribution in [1.29, 1.82) is 0 Å². The Hall–Kier alpha value is -1.66. The quantitative estimate of drug-likeness (QED) is 0.340. The van der Waals surface area contributed by atoms with E-state index in [2.05, 4.69) is 37.7 Å². The van der Waals surface area contributed by atoms with Crippen molar-refractivity contribution in [1.82, 2.24) is 10.2 Å². The van der Waals surface area contributed by atoms with Crippen molar-refractivity contribution in [2.24, 2.45) is 16.1 Å². The molecule has 0 fully saturated rings. The van der Waals surface area contributed by atoms with E-state index in [1.54, 1.807) is 7.11 Å². The first-order valence-electron chi connectivity index (χ1n) is 8.71. The number of carbonyl (C=O) groups is 1. The lowest BCUT2D eigenvalue weighted by atomic mass is 9.92. The number of aliphatic imine (C=N–C) groups is 1. The number of methoxy groups -OCH3 is 1. The Morgan fingerprint density at radius 3 is 2.48 bits per heavy atom. The zero-order chi connectivity index (χ0) is 19.5. The summed E-state index contributed by atoms with van der Waals surface area (Å²) in [5.41, 5.74) is 8.37. The highest BCUT2D eigenvalue weighted by atomic mass is 16.5. The average Bonchev–Trinajstić information content (AvgIpc) is 2.49. The molecule has 0 aromatic rings. The van der Waals surface area contributed by atoms with Gasteiger partial charge >= 0.3 is 0 Å². The van der Waals surface area contributed by atoms with Crippen LogP contribution in [0.5, 0.6) is 0 Å². The van der Waals surface area contributed by atoms with Gasteiger partial charge in [-0.1, -0.05) is 27.4 Å². The van der Waals surface area contributed by atoms with Gasteiger partial charge in [-0.05, 0) is 31.8 Å². The molecule has 6 nitrogen and oxygen atoms in total. The minimum absolute atomic E-state index is 0.0509. The third-order valence-corrected chi connectivity index (χ3v) is 3.41. The zero-order valence-corrected chi connectivity index (χ0v) is 16.8. The number of hydrogen-bond donors (Lipinski definition) is 2.